The Morgan fingerprint density at radius 1 is 1.16 bits per heavy atom. The second kappa shape index (κ2) is 7.71. The van der Waals surface area contributed by atoms with Crippen molar-refractivity contribution in [1.29, 1.82) is 0 Å². The van der Waals surface area contributed by atoms with Gasteiger partial charge >= 0.3 is 0 Å². The van der Waals surface area contributed by atoms with E-state index >= 15 is 0 Å². The summed E-state index contributed by atoms with van der Waals surface area (Å²) in [6.07, 6.45) is 0.983. The lowest BCUT2D eigenvalue weighted by Gasteiger charge is -2.32. The number of nitrogens with zero attached hydrogens (tertiary/aromatic N) is 2. The summed E-state index contributed by atoms with van der Waals surface area (Å²) in [6, 6.07) is 10.4. The lowest BCUT2D eigenvalue weighted by Crippen LogP contribution is -2.45. The van der Waals surface area contributed by atoms with Crippen LogP contribution in [0, 0.1) is 0 Å². The molecule has 8 heteroatoms. The maximum atomic E-state index is 12.8. The highest BCUT2D eigenvalue weighted by atomic mass is 16.5. The van der Waals surface area contributed by atoms with Crippen molar-refractivity contribution in [1.82, 2.24) is 4.90 Å². The van der Waals surface area contributed by atoms with Crippen LogP contribution in [0.3, 0.4) is 0 Å². The highest BCUT2D eigenvalue weighted by Crippen LogP contribution is 2.36. The number of carbonyl (C=O) groups is 4. The minimum Gasteiger partial charge on any atom is -0.479 e. The topological polar surface area (TPSA) is 96.0 Å². The van der Waals surface area contributed by atoms with Crippen LogP contribution in [0.4, 0.5) is 11.4 Å². The molecule has 0 fully saturated rings. The molecule has 0 aliphatic carbocycles. The van der Waals surface area contributed by atoms with E-state index in [1.807, 2.05) is 0 Å². The van der Waals surface area contributed by atoms with E-state index in [0.717, 1.165) is 4.90 Å². The van der Waals surface area contributed by atoms with Crippen molar-refractivity contribution >= 4 is 35.0 Å². The van der Waals surface area contributed by atoms with Gasteiger partial charge in [0.1, 0.15) is 11.8 Å². The molecule has 2 aromatic carbocycles. The number of anilines is 2. The zero-order chi connectivity index (χ0) is 22.3. The Morgan fingerprint density at radius 3 is 2.42 bits per heavy atom. The summed E-state index contributed by atoms with van der Waals surface area (Å²) in [4.78, 5) is 53.1. The minimum atomic E-state index is -1.02. The number of ether oxygens (including phenoxy) is 1. The molecule has 0 bridgehead atoms. The molecule has 0 radical (unpaired) electrons. The molecule has 0 saturated carbocycles. The Kier molecular flexibility index (Phi) is 5.06. The molecule has 4 rings (SSSR count). The summed E-state index contributed by atoms with van der Waals surface area (Å²) in [6.45, 7) is 7.14. The molecular weight excluding hydrogens is 398 g/mol. The molecule has 2 aromatic rings. The van der Waals surface area contributed by atoms with Gasteiger partial charge in [0.15, 0.2) is 6.10 Å². The number of amides is 4. The lowest BCUT2D eigenvalue weighted by atomic mass is 10.1. The molecule has 0 aromatic heterocycles. The van der Waals surface area contributed by atoms with Crippen molar-refractivity contribution in [2.24, 2.45) is 0 Å². The fourth-order valence-corrected chi connectivity index (χ4v) is 3.73. The zero-order valence-corrected chi connectivity index (χ0v) is 17.1. The van der Waals surface area contributed by atoms with Gasteiger partial charge in [-0.2, -0.15) is 0 Å². The van der Waals surface area contributed by atoms with E-state index in [0.29, 0.717) is 23.7 Å². The third-order valence-electron chi connectivity index (χ3n) is 5.34. The predicted molar refractivity (Wildman–Crippen MR) is 114 cm³/mol. The Bertz CT molecular complexity index is 1090. The molecule has 4 amide bonds. The molecule has 0 saturated heterocycles. The molecule has 2 unspecified atom stereocenters. The molecule has 2 aliphatic rings. The second-order valence-corrected chi connectivity index (χ2v) is 7.37. The molecular formula is C23H21N3O5. The first-order chi connectivity index (χ1) is 14.8. The van der Waals surface area contributed by atoms with Gasteiger partial charge in [-0.15, -0.1) is 6.58 Å². The first-order valence-electron chi connectivity index (χ1n) is 9.84. The van der Waals surface area contributed by atoms with Gasteiger partial charge in [-0.3, -0.25) is 24.1 Å². The van der Waals surface area contributed by atoms with E-state index in [1.54, 1.807) is 55.5 Å². The average Bonchev–Trinajstić information content (AvgIpc) is 3.01. The summed E-state index contributed by atoms with van der Waals surface area (Å²) in [5.74, 6) is -1.23. The fraction of sp³-hybridized carbons (Fsp3) is 0.217. The Labute approximate surface area is 179 Å². The molecule has 8 nitrogen and oxygen atoms in total. The van der Waals surface area contributed by atoms with Gasteiger partial charge in [0.2, 0.25) is 5.91 Å². The van der Waals surface area contributed by atoms with Gasteiger partial charge in [0.25, 0.3) is 17.7 Å². The molecule has 2 aliphatic heterocycles. The SMILES string of the molecule is C=CCN1C(=O)C(C)Oc2ccc(NC(=O)C(C)N3C(=O)c4ccccc4C3=O)cc21. The summed E-state index contributed by atoms with van der Waals surface area (Å²) < 4.78 is 5.64. The number of nitrogens with one attached hydrogen (secondary N) is 1. The van der Waals surface area contributed by atoms with Gasteiger partial charge in [-0.05, 0) is 44.2 Å². The first-order valence-corrected chi connectivity index (χ1v) is 9.84. The number of carbonyl (C=O) groups excluding carboxylic acids is 4. The van der Waals surface area contributed by atoms with Crippen LogP contribution >= 0.6 is 0 Å². The fourth-order valence-electron chi connectivity index (χ4n) is 3.73. The van der Waals surface area contributed by atoms with E-state index in [4.69, 9.17) is 4.74 Å². The Balaban J connectivity index is 1.56. The molecule has 158 valence electrons. The van der Waals surface area contributed by atoms with E-state index in [2.05, 4.69) is 11.9 Å². The number of rotatable bonds is 5. The van der Waals surface area contributed by atoms with Crippen molar-refractivity contribution in [2.75, 3.05) is 16.8 Å². The van der Waals surface area contributed by atoms with Gasteiger partial charge in [0, 0.05) is 12.2 Å². The van der Waals surface area contributed by atoms with Gasteiger partial charge in [0.05, 0.1) is 16.8 Å². The minimum absolute atomic E-state index is 0.213. The van der Waals surface area contributed by atoms with Crippen LogP contribution in [0.2, 0.25) is 0 Å². The quantitative estimate of drug-likeness (QED) is 0.594. The summed E-state index contributed by atoms with van der Waals surface area (Å²) >= 11 is 0. The smallest absolute Gasteiger partial charge is 0.268 e. The van der Waals surface area contributed by atoms with Crippen molar-refractivity contribution in [3.63, 3.8) is 0 Å². The van der Waals surface area contributed by atoms with Crippen LogP contribution in [0.1, 0.15) is 34.6 Å². The van der Waals surface area contributed by atoms with Gasteiger partial charge in [-0.25, -0.2) is 0 Å². The van der Waals surface area contributed by atoms with Crippen molar-refractivity contribution in [3.8, 4) is 5.75 Å². The van der Waals surface area contributed by atoms with E-state index in [1.165, 1.54) is 11.8 Å². The number of hydrogen-bond acceptors (Lipinski definition) is 5. The van der Waals surface area contributed by atoms with Crippen molar-refractivity contribution < 1.29 is 23.9 Å². The summed E-state index contributed by atoms with van der Waals surface area (Å²) in [5.41, 5.74) is 1.48. The monoisotopic (exact) mass is 419 g/mol. The van der Waals surface area contributed by atoms with Gasteiger partial charge < -0.3 is 15.0 Å². The maximum absolute atomic E-state index is 12.8. The van der Waals surface area contributed by atoms with E-state index < -0.39 is 29.9 Å². The standard InChI is InChI=1S/C23H21N3O5/c1-4-11-25-18-12-15(9-10-19(18)31-14(3)21(25)28)24-20(27)13(2)26-22(29)16-7-5-6-8-17(16)23(26)30/h4-10,12-14H,1,11H2,2-3H3,(H,24,27). The lowest BCUT2D eigenvalue weighted by molar-refractivity contribution is -0.125. The van der Waals surface area contributed by atoms with Crippen LogP contribution in [0.25, 0.3) is 0 Å². The third-order valence-corrected chi connectivity index (χ3v) is 5.34. The average molecular weight is 419 g/mol. The molecule has 2 heterocycles. The van der Waals surface area contributed by atoms with Crippen LogP contribution in [0.15, 0.2) is 55.1 Å². The van der Waals surface area contributed by atoms with Crippen molar-refractivity contribution in [2.45, 2.75) is 26.0 Å². The number of hydrogen-bond donors (Lipinski definition) is 1. The maximum Gasteiger partial charge on any atom is 0.268 e. The molecule has 1 N–H and O–H groups in total. The van der Waals surface area contributed by atoms with Crippen LogP contribution in [-0.4, -0.2) is 47.2 Å². The highest BCUT2D eigenvalue weighted by molar-refractivity contribution is 6.23. The van der Waals surface area contributed by atoms with E-state index in [9.17, 15) is 19.2 Å². The molecule has 2 atom stereocenters. The van der Waals surface area contributed by atoms with Crippen LogP contribution in [0.5, 0.6) is 5.75 Å². The summed E-state index contributed by atoms with van der Waals surface area (Å²) in [5, 5.41) is 2.72. The van der Waals surface area contributed by atoms with Crippen molar-refractivity contribution in [3.05, 3.63) is 66.2 Å². The molecule has 0 spiro atoms. The van der Waals surface area contributed by atoms with E-state index in [-0.39, 0.29) is 17.0 Å². The van der Waals surface area contributed by atoms with Crippen LogP contribution in [-0.2, 0) is 9.59 Å². The zero-order valence-electron chi connectivity index (χ0n) is 17.1. The first kappa shape index (κ1) is 20.3. The predicted octanol–water partition coefficient (Wildman–Crippen LogP) is 2.61. The normalized spacial score (nSPS) is 18.3. The summed E-state index contributed by atoms with van der Waals surface area (Å²) in [7, 11) is 0. The number of benzene rings is 2. The Morgan fingerprint density at radius 2 is 1.81 bits per heavy atom. The number of imide groups is 1. The van der Waals surface area contributed by atoms with Crippen LogP contribution < -0.4 is 15.0 Å². The molecule has 31 heavy (non-hydrogen) atoms. The third kappa shape index (κ3) is 3.35. The number of fused-ring (bicyclic) bond motifs is 2. The second-order valence-electron chi connectivity index (χ2n) is 7.37. The Hall–Kier alpha value is -3.94. The largest absolute Gasteiger partial charge is 0.479 e. The highest BCUT2D eigenvalue weighted by Gasteiger charge is 2.40. The van der Waals surface area contributed by atoms with Gasteiger partial charge in [-0.1, -0.05) is 18.2 Å².